The van der Waals surface area contributed by atoms with Gasteiger partial charge in [-0.05, 0) is 24.5 Å². The molecule has 0 radical (unpaired) electrons. The van der Waals surface area contributed by atoms with Gasteiger partial charge in [0.25, 0.3) is 0 Å². The Morgan fingerprint density at radius 3 is 2.47 bits per heavy atom. The molecule has 0 saturated heterocycles. The number of aromatic nitrogens is 1. The van der Waals surface area contributed by atoms with Crippen LogP contribution in [0.3, 0.4) is 0 Å². The minimum absolute atomic E-state index is 0.613. The molecule has 0 aliphatic heterocycles. The Morgan fingerprint density at radius 1 is 1.07 bits per heavy atom. The molecule has 0 atom stereocenters. The highest BCUT2D eigenvalue weighted by Gasteiger charge is 1.94. The van der Waals surface area contributed by atoms with Gasteiger partial charge in [-0.25, -0.2) is 4.98 Å². The SMILES string of the molecule is CCCCCCCCc1ccc(N)nc1. The number of nitrogens with zero attached hydrogens (tertiary/aromatic N) is 1. The van der Waals surface area contributed by atoms with E-state index in [1.807, 2.05) is 12.3 Å². The van der Waals surface area contributed by atoms with Crippen molar-refractivity contribution in [3.63, 3.8) is 0 Å². The molecule has 0 amide bonds. The largest absolute Gasteiger partial charge is 0.384 e. The molecule has 2 N–H and O–H groups in total. The van der Waals surface area contributed by atoms with Crippen molar-refractivity contribution >= 4 is 5.82 Å². The Hall–Kier alpha value is -1.05. The normalized spacial score (nSPS) is 10.5. The molecule has 84 valence electrons. The van der Waals surface area contributed by atoms with Gasteiger partial charge in [0, 0.05) is 6.20 Å². The molecule has 0 aliphatic rings. The summed E-state index contributed by atoms with van der Waals surface area (Å²) in [6, 6.07) is 3.96. The first-order chi connectivity index (χ1) is 7.33. The molecule has 2 heteroatoms. The van der Waals surface area contributed by atoms with E-state index in [9.17, 15) is 0 Å². The number of nitrogens with two attached hydrogens (primary N) is 1. The Labute approximate surface area is 92.9 Å². The third kappa shape index (κ3) is 5.40. The molecule has 0 aliphatic carbocycles. The van der Waals surface area contributed by atoms with Crippen molar-refractivity contribution in [3.8, 4) is 0 Å². The molecule has 1 aromatic heterocycles. The van der Waals surface area contributed by atoms with Crippen molar-refractivity contribution in [2.45, 2.75) is 51.9 Å². The molecular weight excluding hydrogens is 184 g/mol. The van der Waals surface area contributed by atoms with Gasteiger partial charge in [0.2, 0.25) is 0 Å². The summed E-state index contributed by atoms with van der Waals surface area (Å²) in [5, 5.41) is 0. The summed E-state index contributed by atoms with van der Waals surface area (Å²) in [5.41, 5.74) is 6.83. The lowest BCUT2D eigenvalue weighted by molar-refractivity contribution is 0.607. The number of hydrogen-bond acceptors (Lipinski definition) is 2. The van der Waals surface area contributed by atoms with Crippen LogP contribution < -0.4 is 5.73 Å². The lowest BCUT2D eigenvalue weighted by Crippen LogP contribution is -1.92. The highest BCUT2D eigenvalue weighted by molar-refractivity contribution is 5.29. The first-order valence-electron chi connectivity index (χ1n) is 6.03. The van der Waals surface area contributed by atoms with Crippen LogP contribution in [0.25, 0.3) is 0 Å². The number of pyridine rings is 1. The van der Waals surface area contributed by atoms with Crippen LogP contribution in [-0.2, 0) is 6.42 Å². The minimum atomic E-state index is 0.613. The summed E-state index contributed by atoms with van der Waals surface area (Å²) in [7, 11) is 0. The molecule has 0 fully saturated rings. The van der Waals surface area contributed by atoms with Gasteiger partial charge in [0.1, 0.15) is 5.82 Å². The third-order valence-corrected chi connectivity index (χ3v) is 2.67. The maximum atomic E-state index is 5.53. The van der Waals surface area contributed by atoms with Crippen molar-refractivity contribution in [3.05, 3.63) is 23.9 Å². The van der Waals surface area contributed by atoms with E-state index in [2.05, 4.69) is 18.0 Å². The van der Waals surface area contributed by atoms with Crippen molar-refractivity contribution in [2.24, 2.45) is 0 Å². The van der Waals surface area contributed by atoms with E-state index in [1.165, 1.54) is 44.1 Å². The van der Waals surface area contributed by atoms with E-state index in [4.69, 9.17) is 5.73 Å². The first kappa shape index (κ1) is 12.0. The zero-order valence-electron chi connectivity index (χ0n) is 9.71. The monoisotopic (exact) mass is 206 g/mol. The van der Waals surface area contributed by atoms with E-state index in [0.717, 1.165) is 6.42 Å². The molecular formula is C13H22N2. The van der Waals surface area contributed by atoms with Crippen molar-refractivity contribution in [1.29, 1.82) is 0 Å². The molecule has 1 rings (SSSR count). The van der Waals surface area contributed by atoms with Crippen molar-refractivity contribution in [2.75, 3.05) is 5.73 Å². The van der Waals surface area contributed by atoms with Gasteiger partial charge in [-0.3, -0.25) is 0 Å². The fourth-order valence-electron chi connectivity index (χ4n) is 1.69. The molecule has 1 aromatic rings. The number of unbranched alkanes of at least 4 members (excludes halogenated alkanes) is 5. The molecule has 0 bridgehead atoms. The second kappa shape index (κ2) is 7.27. The predicted octanol–water partition coefficient (Wildman–Crippen LogP) is 3.57. The molecule has 0 aromatic carbocycles. The van der Waals surface area contributed by atoms with E-state index in [1.54, 1.807) is 0 Å². The number of aryl methyl sites for hydroxylation is 1. The van der Waals surface area contributed by atoms with Crippen LogP contribution in [0.4, 0.5) is 5.82 Å². The fourth-order valence-corrected chi connectivity index (χ4v) is 1.69. The Balaban J connectivity index is 2.07. The highest BCUT2D eigenvalue weighted by Crippen LogP contribution is 2.09. The van der Waals surface area contributed by atoms with Crippen molar-refractivity contribution < 1.29 is 0 Å². The molecule has 0 spiro atoms. The van der Waals surface area contributed by atoms with Crippen LogP contribution in [-0.4, -0.2) is 4.98 Å². The smallest absolute Gasteiger partial charge is 0.123 e. The summed E-state index contributed by atoms with van der Waals surface area (Å²) in [5.74, 6) is 0.613. The summed E-state index contributed by atoms with van der Waals surface area (Å²) in [4.78, 5) is 4.09. The summed E-state index contributed by atoms with van der Waals surface area (Å²) in [6.45, 7) is 2.25. The van der Waals surface area contributed by atoms with Gasteiger partial charge in [-0.15, -0.1) is 0 Å². The first-order valence-corrected chi connectivity index (χ1v) is 6.03. The van der Waals surface area contributed by atoms with Gasteiger partial charge in [-0.1, -0.05) is 45.1 Å². The predicted molar refractivity (Wildman–Crippen MR) is 65.7 cm³/mol. The third-order valence-electron chi connectivity index (χ3n) is 2.67. The van der Waals surface area contributed by atoms with Crippen LogP contribution in [0.2, 0.25) is 0 Å². The summed E-state index contributed by atoms with van der Waals surface area (Å²) >= 11 is 0. The standard InChI is InChI=1S/C13H22N2/c1-2-3-4-5-6-7-8-12-9-10-13(14)15-11-12/h9-11H,2-8H2,1H3,(H2,14,15). The number of anilines is 1. The van der Waals surface area contributed by atoms with E-state index in [0.29, 0.717) is 5.82 Å². The van der Waals surface area contributed by atoms with Gasteiger partial charge < -0.3 is 5.73 Å². The second-order valence-electron chi connectivity index (χ2n) is 4.11. The average molecular weight is 206 g/mol. The van der Waals surface area contributed by atoms with E-state index >= 15 is 0 Å². The van der Waals surface area contributed by atoms with Crippen LogP contribution in [0.1, 0.15) is 51.0 Å². The maximum Gasteiger partial charge on any atom is 0.123 e. The van der Waals surface area contributed by atoms with E-state index < -0.39 is 0 Å². The molecule has 0 unspecified atom stereocenters. The molecule has 1 heterocycles. The minimum Gasteiger partial charge on any atom is -0.384 e. The fraction of sp³-hybridized carbons (Fsp3) is 0.615. The second-order valence-corrected chi connectivity index (χ2v) is 4.11. The van der Waals surface area contributed by atoms with Crippen LogP contribution in [0.5, 0.6) is 0 Å². The van der Waals surface area contributed by atoms with Crippen LogP contribution >= 0.6 is 0 Å². The van der Waals surface area contributed by atoms with Crippen LogP contribution in [0.15, 0.2) is 18.3 Å². The van der Waals surface area contributed by atoms with Gasteiger partial charge in [-0.2, -0.15) is 0 Å². The van der Waals surface area contributed by atoms with Gasteiger partial charge in [0.05, 0.1) is 0 Å². The summed E-state index contributed by atoms with van der Waals surface area (Å²) < 4.78 is 0. The number of rotatable bonds is 7. The van der Waals surface area contributed by atoms with Crippen LogP contribution in [0, 0.1) is 0 Å². The quantitative estimate of drug-likeness (QED) is 0.693. The van der Waals surface area contributed by atoms with Gasteiger partial charge in [0.15, 0.2) is 0 Å². The maximum absolute atomic E-state index is 5.53. The Bertz CT molecular complexity index is 254. The molecule has 2 nitrogen and oxygen atoms in total. The van der Waals surface area contributed by atoms with E-state index in [-0.39, 0.29) is 0 Å². The zero-order chi connectivity index (χ0) is 10.9. The highest BCUT2D eigenvalue weighted by atomic mass is 14.8. The Morgan fingerprint density at radius 2 is 1.80 bits per heavy atom. The number of nitrogen functional groups attached to an aromatic ring is 1. The lowest BCUT2D eigenvalue weighted by atomic mass is 10.1. The average Bonchev–Trinajstić information content (AvgIpc) is 2.26. The summed E-state index contributed by atoms with van der Waals surface area (Å²) in [6.07, 6.45) is 11.1. The van der Waals surface area contributed by atoms with Crippen molar-refractivity contribution in [1.82, 2.24) is 4.98 Å². The molecule has 15 heavy (non-hydrogen) atoms. The topological polar surface area (TPSA) is 38.9 Å². The van der Waals surface area contributed by atoms with Gasteiger partial charge >= 0.3 is 0 Å². The Kier molecular flexibility index (Phi) is 5.83. The lowest BCUT2D eigenvalue weighted by Gasteiger charge is -2.01. The number of hydrogen-bond donors (Lipinski definition) is 1. The zero-order valence-corrected chi connectivity index (χ0v) is 9.71. The molecule has 0 saturated carbocycles.